The number of carboxylic acids is 1. The lowest BCUT2D eigenvalue weighted by Gasteiger charge is -2.27. The molecule has 0 aromatic heterocycles. The van der Waals surface area contributed by atoms with Gasteiger partial charge in [0.2, 0.25) is 11.8 Å². The van der Waals surface area contributed by atoms with Crippen LogP contribution >= 0.6 is 0 Å². The summed E-state index contributed by atoms with van der Waals surface area (Å²) in [6.07, 6.45) is -0.762. The maximum Gasteiger partial charge on any atom is 0.329 e. The average molecular weight is 437 g/mol. The molecule has 0 spiro atoms. The van der Waals surface area contributed by atoms with Crippen molar-refractivity contribution >= 4 is 17.8 Å². The minimum atomic E-state index is -1.56. The van der Waals surface area contributed by atoms with E-state index in [0.717, 1.165) is 5.56 Å². The first-order valence-corrected chi connectivity index (χ1v) is 10.2. The summed E-state index contributed by atoms with van der Waals surface area (Å²) in [5, 5.41) is 24.9. The molecule has 0 saturated carbocycles. The maximum absolute atomic E-state index is 12.4. The van der Waals surface area contributed by atoms with Crippen LogP contribution in [0.2, 0.25) is 0 Å². The lowest BCUT2D eigenvalue weighted by molar-refractivity contribution is -0.145. The molecular formula is C21H31N3O7. The second-order valence-electron chi connectivity index (χ2n) is 7.43. The number of aliphatic hydroxyl groups excluding tert-OH is 1. The Labute approximate surface area is 181 Å². The van der Waals surface area contributed by atoms with Gasteiger partial charge in [-0.2, -0.15) is 0 Å². The van der Waals surface area contributed by atoms with Crippen LogP contribution in [-0.4, -0.2) is 91.5 Å². The second-order valence-corrected chi connectivity index (χ2v) is 7.43. The molecule has 0 aliphatic carbocycles. The molecule has 172 valence electrons. The highest BCUT2D eigenvalue weighted by Gasteiger charge is 2.31. The largest absolute Gasteiger partial charge is 0.480 e. The van der Waals surface area contributed by atoms with E-state index in [1.807, 2.05) is 4.90 Å². The third-order valence-corrected chi connectivity index (χ3v) is 5.04. The van der Waals surface area contributed by atoms with Crippen LogP contribution < -0.4 is 10.6 Å². The molecule has 3 atom stereocenters. The number of morpholine rings is 1. The Morgan fingerprint density at radius 3 is 2.39 bits per heavy atom. The molecule has 10 heteroatoms. The van der Waals surface area contributed by atoms with Gasteiger partial charge in [-0.05, 0) is 24.5 Å². The predicted octanol–water partition coefficient (Wildman–Crippen LogP) is -0.685. The van der Waals surface area contributed by atoms with Crippen molar-refractivity contribution in [1.82, 2.24) is 15.5 Å². The van der Waals surface area contributed by atoms with Gasteiger partial charge < -0.3 is 30.3 Å². The molecule has 2 rings (SSSR count). The van der Waals surface area contributed by atoms with E-state index in [4.69, 9.17) is 9.47 Å². The van der Waals surface area contributed by atoms with Gasteiger partial charge in [0.25, 0.3) is 0 Å². The lowest BCUT2D eigenvalue weighted by atomic mass is 10.00. The Balaban J connectivity index is 1.92. The first-order valence-electron chi connectivity index (χ1n) is 10.2. The molecule has 1 heterocycles. The van der Waals surface area contributed by atoms with Crippen molar-refractivity contribution in [3.8, 4) is 0 Å². The van der Waals surface area contributed by atoms with Gasteiger partial charge in [-0.3, -0.25) is 14.5 Å². The van der Waals surface area contributed by atoms with E-state index in [0.29, 0.717) is 44.9 Å². The topological polar surface area (TPSA) is 137 Å². The van der Waals surface area contributed by atoms with Gasteiger partial charge in [-0.15, -0.1) is 0 Å². The number of aliphatic carboxylic acids is 1. The number of methoxy groups -OCH3 is 1. The van der Waals surface area contributed by atoms with Gasteiger partial charge in [0.1, 0.15) is 12.1 Å². The summed E-state index contributed by atoms with van der Waals surface area (Å²) in [5.74, 6) is -2.42. The minimum Gasteiger partial charge on any atom is -0.480 e. The zero-order chi connectivity index (χ0) is 22.8. The van der Waals surface area contributed by atoms with Gasteiger partial charge in [0, 0.05) is 20.2 Å². The van der Waals surface area contributed by atoms with E-state index in [2.05, 4.69) is 10.6 Å². The number of rotatable bonds is 11. The van der Waals surface area contributed by atoms with E-state index < -0.39 is 30.1 Å². The molecule has 1 fully saturated rings. The standard InChI is InChI=1S/C21H31N3O7/c1-14(22-17(25)13-24-8-11-31-12-9-24)20(27)23-18(21(28)29)19(26)16-5-3-15(4-6-16)7-10-30-2/h3-6,14,18-19,26H,7-13H2,1-2H3,(H,22,25)(H,23,27)(H,28,29)/t14-,18-,19+/m0/s1. The smallest absolute Gasteiger partial charge is 0.329 e. The molecular weight excluding hydrogens is 406 g/mol. The number of benzene rings is 1. The summed E-state index contributed by atoms with van der Waals surface area (Å²) in [6.45, 7) is 4.50. The van der Waals surface area contributed by atoms with Crippen molar-refractivity contribution in [2.45, 2.75) is 31.5 Å². The molecule has 10 nitrogen and oxygen atoms in total. The van der Waals surface area contributed by atoms with Crippen molar-refractivity contribution in [2.24, 2.45) is 0 Å². The molecule has 2 amide bonds. The molecule has 1 aromatic carbocycles. The summed E-state index contributed by atoms with van der Waals surface area (Å²) >= 11 is 0. The van der Waals surface area contributed by atoms with E-state index in [1.54, 1.807) is 31.4 Å². The third-order valence-electron chi connectivity index (χ3n) is 5.04. The number of nitrogens with zero attached hydrogens (tertiary/aromatic N) is 1. The van der Waals surface area contributed by atoms with Gasteiger partial charge in [-0.1, -0.05) is 24.3 Å². The number of carbonyl (C=O) groups excluding carboxylic acids is 2. The van der Waals surface area contributed by atoms with Gasteiger partial charge in [0.05, 0.1) is 26.4 Å². The molecule has 1 saturated heterocycles. The summed E-state index contributed by atoms with van der Waals surface area (Å²) in [6, 6.07) is 4.26. The molecule has 0 unspecified atom stereocenters. The normalized spacial score (nSPS) is 17.4. The van der Waals surface area contributed by atoms with Crippen LogP contribution in [0, 0.1) is 0 Å². The zero-order valence-corrected chi connectivity index (χ0v) is 17.9. The molecule has 31 heavy (non-hydrogen) atoms. The first-order chi connectivity index (χ1) is 14.8. The van der Waals surface area contributed by atoms with Crippen LogP contribution in [-0.2, 0) is 30.3 Å². The SMILES string of the molecule is COCCc1ccc([C@@H](O)[C@H](NC(=O)[C@H](C)NC(=O)CN2CCOCC2)C(=O)O)cc1. The van der Waals surface area contributed by atoms with Crippen LogP contribution in [0.15, 0.2) is 24.3 Å². The Morgan fingerprint density at radius 2 is 1.81 bits per heavy atom. The zero-order valence-electron chi connectivity index (χ0n) is 17.9. The van der Waals surface area contributed by atoms with E-state index in [-0.39, 0.29) is 12.5 Å². The van der Waals surface area contributed by atoms with Crippen molar-refractivity contribution in [2.75, 3.05) is 46.6 Å². The van der Waals surface area contributed by atoms with Crippen LogP contribution in [0.5, 0.6) is 0 Å². The fourth-order valence-corrected chi connectivity index (χ4v) is 3.16. The van der Waals surface area contributed by atoms with Crippen LogP contribution in [0.3, 0.4) is 0 Å². The number of ether oxygens (including phenoxy) is 2. The Kier molecular flexibility index (Phi) is 9.86. The fourth-order valence-electron chi connectivity index (χ4n) is 3.16. The van der Waals surface area contributed by atoms with Gasteiger partial charge in [-0.25, -0.2) is 4.79 Å². The predicted molar refractivity (Wildman–Crippen MR) is 111 cm³/mol. The van der Waals surface area contributed by atoms with Crippen molar-refractivity contribution in [1.29, 1.82) is 0 Å². The van der Waals surface area contributed by atoms with E-state index in [1.165, 1.54) is 6.92 Å². The number of hydrogen-bond acceptors (Lipinski definition) is 7. The summed E-state index contributed by atoms with van der Waals surface area (Å²) in [7, 11) is 1.60. The minimum absolute atomic E-state index is 0.126. The van der Waals surface area contributed by atoms with Gasteiger partial charge in [0.15, 0.2) is 6.04 Å². The molecule has 0 radical (unpaired) electrons. The third kappa shape index (κ3) is 7.91. The quantitative estimate of drug-likeness (QED) is 0.357. The number of carboxylic acid groups (broad SMARTS) is 1. The Bertz CT molecular complexity index is 735. The highest BCUT2D eigenvalue weighted by atomic mass is 16.5. The Morgan fingerprint density at radius 1 is 1.16 bits per heavy atom. The van der Waals surface area contributed by atoms with Crippen molar-refractivity contribution in [3.05, 3.63) is 35.4 Å². The number of hydrogen-bond donors (Lipinski definition) is 4. The molecule has 1 aromatic rings. The molecule has 0 bridgehead atoms. The lowest BCUT2D eigenvalue weighted by Crippen LogP contribution is -2.53. The molecule has 1 aliphatic rings. The van der Waals surface area contributed by atoms with Gasteiger partial charge >= 0.3 is 5.97 Å². The second kappa shape index (κ2) is 12.4. The van der Waals surface area contributed by atoms with E-state index in [9.17, 15) is 24.6 Å². The highest BCUT2D eigenvalue weighted by Crippen LogP contribution is 2.18. The number of carbonyl (C=O) groups is 3. The molecule has 1 aliphatic heterocycles. The first kappa shape index (κ1) is 24.7. The van der Waals surface area contributed by atoms with Crippen molar-refractivity contribution in [3.63, 3.8) is 0 Å². The fraction of sp³-hybridized carbons (Fsp3) is 0.571. The van der Waals surface area contributed by atoms with Crippen LogP contribution in [0.4, 0.5) is 0 Å². The van der Waals surface area contributed by atoms with Crippen LogP contribution in [0.25, 0.3) is 0 Å². The summed E-state index contributed by atoms with van der Waals surface area (Å²) < 4.78 is 10.2. The Hall–Kier alpha value is -2.53. The summed E-state index contributed by atoms with van der Waals surface area (Å²) in [5.41, 5.74) is 1.34. The maximum atomic E-state index is 12.4. The average Bonchev–Trinajstić information content (AvgIpc) is 2.76. The molecule has 4 N–H and O–H groups in total. The summed E-state index contributed by atoms with van der Waals surface area (Å²) in [4.78, 5) is 38.2. The van der Waals surface area contributed by atoms with E-state index >= 15 is 0 Å². The number of amides is 2. The monoisotopic (exact) mass is 437 g/mol. The van der Waals surface area contributed by atoms with Crippen LogP contribution in [0.1, 0.15) is 24.2 Å². The number of aliphatic hydroxyl groups is 1. The van der Waals surface area contributed by atoms with Crippen molar-refractivity contribution < 1.29 is 34.1 Å². The highest BCUT2D eigenvalue weighted by molar-refractivity contribution is 5.90. The number of nitrogens with one attached hydrogen (secondary N) is 2.